The summed E-state index contributed by atoms with van der Waals surface area (Å²) in [6.45, 7) is 1.05. The van der Waals surface area contributed by atoms with Crippen molar-refractivity contribution in [3.05, 3.63) is 42.0 Å². The second-order valence-electron chi connectivity index (χ2n) is 6.40. The van der Waals surface area contributed by atoms with Gasteiger partial charge in [0.15, 0.2) is 0 Å². The van der Waals surface area contributed by atoms with Crippen LogP contribution in [-0.4, -0.2) is 38.4 Å². The maximum Gasteiger partial charge on any atom is 0.417 e. The van der Waals surface area contributed by atoms with Gasteiger partial charge in [-0.2, -0.15) is 13.2 Å². The number of H-pyrrole nitrogens is 1. The first kappa shape index (κ1) is 16.8. The fourth-order valence-electron chi connectivity index (χ4n) is 3.18. The van der Waals surface area contributed by atoms with Crippen LogP contribution in [0, 0.1) is 0 Å². The Hall–Kier alpha value is -2.68. The molecule has 1 saturated heterocycles. The minimum absolute atomic E-state index is 0.274. The summed E-state index contributed by atoms with van der Waals surface area (Å²) in [5.74, 6) is 1.67. The smallest absolute Gasteiger partial charge is 0.339 e. The van der Waals surface area contributed by atoms with Gasteiger partial charge in [0.1, 0.15) is 17.5 Å². The molecule has 3 aromatic heterocycles. The molecule has 9 heteroatoms. The summed E-state index contributed by atoms with van der Waals surface area (Å²) in [5, 5.41) is 2.91. The number of hydrogen-bond donors (Lipinski definition) is 2. The first-order valence-electron chi connectivity index (χ1n) is 8.26. The topological polar surface area (TPSA) is 69.7 Å². The summed E-state index contributed by atoms with van der Waals surface area (Å²) in [5.41, 5.74) is 0.792. The van der Waals surface area contributed by atoms with Crippen LogP contribution in [0.25, 0.3) is 11.0 Å². The lowest BCUT2D eigenvalue weighted by atomic mass is 10.2. The molecule has 6 nitrogen and oxygen atoms in total. The number of aromatic amines is 1. The quantitative estimate of drug-likeness (QED) is 0.740. The number of hydrogen-bond acceptors (Lipinski definition) is 5. The number of nitrogens with zero attached hydrogens (tertiary/aromatic N) is 4. The van der Waals surface area contributed by atoms with Crippen molar-refractivity contribution in [3.8, 4) is 0 Å². The van der Waals surface area contributed by atoms with E-state index in [-0.39, 0.29) is 11.9 Å². The maximum atomic E-state index is 12.6. The van der Waals surface area contributed by atoms with E-state index in [1.54, 1.807) is 12.3 Å². The van der Waals surface area contributed by atoms with Crippen LogP contribution in [0.1, 0.15) is 30.3 Å². The number of imidazole rings is 1. The summed E-state index contributed by atoms with van der Waals surface area (Å²) in [7, 11) is 2.08. The minimum atomic E-state index is -4.40. The van der Waals surface area contributed by atoms with Gasteiger partial charge in [-0.25, -0.2) is 15.0 Å². The molecule has 0 aromatic carbocycles. The summed E-state index contributed by atoms with van der Waals surface area (Å²) in [6.07, 6.45) is 0.255. The van der Waals surface area contributed by atoms with E-state index in [2.05, 4.69) is 37.2 Å². The van der Waals surface area contributed by atoms with E-state index in [4.69, 9.17) is 0 Å². The van der Waals surface area contributed by atoms with Crippen molar-refractivity contribution >= 4 is 22.7 Å². The first-order chi connectivity index (χ1) is 12.4. The van der Waals surface area contributed by atoms with E-state index in [0.29, 0.717) is 5.82 Å². The number of fused-ring (bicyclic) bond motifs is 1. The Bertz CT molecular complexity index is 918. The van der Waals surface area contributed by atoms with Crippen molar-refractivity contribution in [1.29, 1.82) is 0 Å². The molecule has 1 fully saturated rings. The standard InChI is InChI=1S/C17H17F3N6/c1-26-6-2-3-13(26)16-23-11-7-15(22-9-12(11)24-16)25-14-5-4-10(8-21-14)17(18,19)20/h4-5,7-9,13H,2-3,6H2,1H3,(H,23,24)(H,21,22,25). The van der Waals surface area contributed by atoms with Crippen molar-refractivity contribution in [1.82, 2.24) is 24.8 Å². The summed E-state index contributed by atoms with van der Waals surface area (Å²) >= 11 is 0. The fourth-order valence-corrected chi connectivity index (χ4v) is 3.18. The number of likely N-dealkylation sites (tertiary alicyclic amines) is 1. The molecular weight excluding hydrogens is 345 g/mol. The molecule has 0 bridgehead atoms. The maximum absolute atomic E-state index is 12.6. The lowest BCUT2D eigenvalue weighted by Crippen LogP contribution is -2.18. The molecule has 26 heavy (non-hydrogen) atoms. The Morgan fingerprint density at radius 2 is 2.00 bits per heavy atom. The van der Waals surface area contributed by atoms with E-state index in [9.17, 15) is 13.2 Å². The molecule has 0 aliphatic carbocycles. The van der Waals surface area contributed by atoms with Crippen LogP contribution in [0.2, 0.25) is 0 Å². The number of aromatic nitrogens is 4. The Morgan fingerprint density at radius 1 is 1.19 bits per heavy atom. The van der Waals surface area contributed by atoms with Crippen LogP contribution >= 0.6 is 0 Å². The third kappa shape index (κ3) is 3.22. The van der Waals surface area contributed by atoms with Gasteiger partial charge in [-0.1, -0.05) is 0 Å². The summed E-state index contributed by atoms with van der Waals surface area (Å²) in [6, 6.07) is 4.29. The van der Waals surface area contributed by atoms with E-state index < -0.39 is 11.7 Å². The predicted molar refractivity (Wildman–Crippen MR) is 91.0 cm³/mol. The van der Waals surface area contributed by atoms with E-state index in [0.717, 1.165) is 48.5 Å². The third-order valence-corrected chi connectivity index (χ3v) is 4.57. The molecule has 4 heterocycles. The second kappa shape index (κ2) is 6.24. The Kier molecular flexibility index (Phi) is 4.03. The van der Waals surface area contributed by atoms with Crippen LogP contribution in [0.15, 0.2) is 30.6 Å². The third-order valence-electron chi connectivity index (χ3n) is 4.57. The Labute approximate surface area is 147 Å². The van der Waals surface area contributed by atoms with Crippen LogP contribution in [0.3, 0.4) is 0 Å². The molecule has 1 aliphatic rings. The van der Waals surface area contributed by atoms with Crippen molar-refractivity contribution in [2.24, 2.45) is 0 Å². The molecule has 0 radical (unpaired) electrons. The van der Waals surface area contributed by atoms with Crippen molar-refractivity contribution in [2.45, 2.75) is 25.1 Å². The van der Waals surface area contributed by atoms with Gasteiger partial charge < -0.3 is 10.3 Å². The monoisotopic (exact) mass is 362 g/mol. The largest absolute Gasteiger partial charge is 0.417 e. The molecule has 0 amide bonds. The molecule has 136 valence electrons. The highest BCUT2D eigenvalue weighted by Crippen LogP contribution is 2.31. The zero-order valence-electron chi connectivity index (χ0n) is 14.0. The van der Waals surface area contributed by atoms with Crippen molar-refractivity contribution in [3.63, 3.8) is 0 Å². The zero-order valence-corrected chi connectivity index (χ0v) is 14.0. The van der Waals surface area contributed by atoms with Crippen LogP contribution in [-0.2, 0) is 6.18 Å². The lowest BCUT2D eigenvalue weighted by molar-refractivity contribution is -0.137. The van der Waals surface area contributed by atoms with E-state index in [1.807, 2.05) is 0 Å². The molecule has 0 saturated carbocycles. The average Bonchev–Trinajstić information content (AvgIpc) is 3.19. The van der Waals surface area contributed by atoms with Crippen LogP contribution in [0.5, 0.6) is 0 Å². The van der Waals surface area contributed by atoms with Crippen LogP contribution < -0.4 is 5.32 Å². The minimum Gasteiger partial charge on any atom is -0.339 e. The molecule has 3 aromatic rings. The van der Waals surface area contributed by atoms with Gasteiger partial charge >= 0.3 is 6.18 Å². The number of alkyl halides is 3. The number of pyridine rings is 2. The Morgan fingerprint density at radius 3 is 2.65 bits per heavy atom. The molecule has 2 N–H and O–H groups in total. The predicted octanol–water partition coefficient (Wildman–Crippen LogP) is 3.88. The van der Waals surface area contributed by atoms with Gasteiger partial charge in [0.25, 0.3) is 0 Å². The van der Waals surface area contributed by atoms with Gasteiger partial charge in [0, 0.05) is 12.3 Å². The second-order valence-corrected chi connectivity index (χ2v) is 6.40. The molecular formula is C17H17F3N6. The highest BCUT2D eigenvalue weighted by Gasteiger charge is 2.30. The normalized spacial score (nSPS) is 18.5. The average molecular weight is 362 g/mol. The number of nitrogens with one attached hydrogen (secondary N) is 2. The number of halogens is 3. The zero-order chi connectivity index (χ0) is 18.3. The van der Waals surface area contributed by atoms with Gasteiger partial charge in [0.05, 0.1) is 28.8 Å². The molecule has 1 atom stereocenters. The first-order valence-corrected chi connectivity index (χ1v) is 8.26. The number of rotatable bonds is 3. The van der Waals surface area contributed by atoms with Gasteiger partial charge in [-0.15, -0.1) is 0 Å². The Balaban J connectivity index is 1.55. The number of anilines is 2. The van der Waals surface area contributed by atoms with Crippen molar-refractivity contribution < 1.29 is 13.2 Å². The molecule has 4 rings (SSSR count). The highest BCUT2D eigenvalue weighted by molar-refractivity contribution is 5.78. The lowest BCUT2D eigenvalue weighted by Gasteiger charge is -2.16. The van der Waals surface area contributed by atoms with Gasteiger partial charge in [-0.05, 0) is 38.6 Å². The van der Waals surface area contributed by atoms with Gasteiger partial charge in [0.2, 0.25) is 0 Å². The molecule has 0 spiro atoms. The van der Waals surface area contributed by atoms with Crippen molar-refractivity contribution in [2.75, 3.05) is 18.9 Å². The summed E-state index contributed by atoms with van der Waals surface area (Å²) in [4.78, 5) is 18.3. The van der Waals surface area contributed by atoms with E-state index >= 15 is 0 Å². The SMILES string of the molecule is CN1CCCC1c1nc2cc(Nc3ccc(C(F)(F)F)cn3)ncc2[nH]1. The highest BCUT2D eigenvalue weighted by atomic mass is 19.4. The van der Waals surface area contributed by atoms with Gasteiger partial charge in [-0.3, -0.25) is 4.90 Å². The molecule has 1 unspecified atom stereocenters. The summed E-state index contributed by atoms with van der Waals surface area (Å²) < 4.78 is 37.8. The molecule has 1 aliphatic heterocycles. The van der Waals surface area contributed by atoms with E-state index in [1.165, 1.54) is 6.07 Å². The fraction of sp³-hybridized carbons (Fsp3) is 0.353. The van der Waals surface area contributed by atoms with Crippen LogP contribution in [0.4, 0.5) is 24.8 Å².